The van der Waals surface area contributed by atoms with Gasteiger partial charge in [0.2, 0.25) is 5.91 Å². The fraction of sp³-hybridized carbons (Fsp3) is 0.424. The van der Waals surface area contributed by atoms with Crippen molar-refractivity contribution in [1.82, 2.24) is 0 Å². The van der Waals surface area contributed by atoms with Crippen molar-refractivity contribution in [1.29, 1.82) is 0 Å². The maximum absolute atomic E-state index is 13.1. The van der Waals surface area contributed by atoms with E-state index in [1.165, 1.54) is 24.3 Å². The lowest BCUT2D eigenvalue weighted by atomic mass is 9.88. The predicted molar refractivity (Wildman–Crippen MR) is 165 cm³/mol. The summed E-state index contributed by atoms with van der Waals surface area (Å²) in [5.41, 5.74) is 6.96. The molecule has 46 heavy (non-hydrogen) atoms. The van der Waals surface area contributed by atoms with Gasteiger partial charge in [-0.25, -0.2) is 8.42 Å². The van der Waals surface area contributed by atoms with Crippen LogP contribution in [-0.4, -0.2) is 76.4 Å². The molecule has 0 aliphatic carbocycles. The van der Waals surface area contributed by atoms with Gasteiger partial charge >= 0.3 is 6.18 Å². The van der Waals surface area contributed by atoms with Crippen LogP contribution in [0.15, 0.2) is 71.6 Å². The Kier molecular flexibility index (Phi) is 10.3. The lowest BCUT2D eigenvalue weighted by Gasteiger charge is -2.29. The van der Waals surface area contributed by atoms with E-state index in [-0.39, 0.29) is 41.1 Å². The smallest absolute Gasteiger partial charge is 0.416 e. The molecule has 5 rings (SSSR count). The van der Waals surface area contributed by atoms with E-state index in [2.05, 4.69) is 4.90 Å². The minimum atomic E-state index is -4.45. The Bertz CT molecular complexity index is 1610. The van der Waals surface area contributed by atoms with Crippen LogP contribution in [-0.2, 0) is 25.5 Å². The number of alkyl halides is 3. The van der Waals surface area contributed by atoms with Crippen LogP contribution in [0, 0.1) is 0 Å². The normalized spacial score (nSPS) is 21.0. The van der Waals surface area contributed by atoms with Gasteiger partial charge in [-0.1, -0.05) is 19.1 Å². The van der Waals surface area contributed by atoms with Crippen LogP contribution < -0.4 is 15.4 Å². The first-order valence-corrected chi connectivity index (χ1v) is 16.7. The molecular weight excluding hydrogens is 625 g/mol. The highest BCUT2D eigenvalue weighted by Gasteiger charge is 2.36. The van der Waals surface area contributed by atoms with Crippen LogP contribution >= 0.6 is 0 Å². The number of nitrogens with zero attached hydrogens (tertiary/aromatic N) is 1. The molecule has 3 N–H and O–H groups in total. The molecule has 1 amide bonds. The van der Waals surface area contributed by atoms with Crippen molar-refractivity contribution in [3.63, 3.8) is 0 Å². The number of anilines is 1. The van der Waals surface area contributed by atoms with Crippen LogP contribution in [0.25, 0.3) is 0 Å². The quantitative estimate of drug-likeness (QED) is 0.289. The number of primary amides is 1. The van der Waals surface area contributed by atoms with Crippen LogP contribution in [0.1, 0.15) is 52.7 Å². The van der Waals surface area contributed by atoms with E-state index in [1.54, 1.807) is 37.3 Å². The SMILES string of the molecule is CCS(=O)(=O)c1ccc([C@@H](CO)c2cc(N3C[C@H](Oc4ccc(C(F)(F)F)cc4)C[C@H]3CO[C@H]3CCOC3)ccc2C(N)=O)cc1. The Hall–Kier alpha value is -3.65. The number of carbonyl (C=O) groups is 1. The van der Waals surface area contributed by atoms with Crippen molar-refractivity contribution in [3.8, 4) is 5.75 Å². The van der Waals surface area contributed by atoms with Crippen LogP contribution in [0.5, 0.6) is 5.75 Å². The van der Waals surface area contributed by atoms with E-state index < -0.39 is 33.4 Å². The zero-order valence-electron chi connectivity index (χ0n) is 25.3. The molecule has 0 saturated carbocycles. The third-order valence-corrected chi connectivity index (χ3v) is 10.2. The minimum Gasteiger partial charge on any atom is -0.489 e. The summed E-state index contributed by atoms with van der Waals surface area (Å²) in [6.45, 7) is 3.00. The fourth-order valence-electron chi connectivity index (χ4n) is 5.94. The summed E-state index contributed by atoms with van der Waals surface area (Å²) in [7, 11) is -3.43. The van der Waals surface area contributed by atoms with Gasteiger partial charge in [-0.3, -0.25) is 4.79 Å². The second kappa shape index (κ2) is 14.0. The highest BCUT2D eigenvalue weighted by Crippen LogP contribution is 2.36. The predicted octanol–water partition coefficient (Wildman–Crippen LogP) is 4.55. The Labute approximate surface area is 266 Å². The molecule has 2 aliphatic rings. The summed E-state index contributed by atoms with van der Waals surface area (Å²) < 4.78 is 81.6. The van der Waals surface area contributed by atoms with Crippen LogP contribution in [0.4, 0.5) is 18.9 Å². The number of sulfone groups is 1. The van der Waals surface area contributed by atoms with Crippen LogP contribution in [0.2, 0.25) is 0 Å². The number of ether oxygens (including phenoxy) is 3. The zero-order valence-corrected chi connectivity index (χ0v) is 26.1. The Morgan fingerprint density at radius 3 is 2.39 bits per heavy atom. The van der Waals surface area contributed by atoms with Crippen molar-refractivity contribution in [2.45, 2.75) is 55.0 Å². The van der Waals surface area contributed by atoms with Gasteiger partial charge in [-0.2, -0.15) is 13.2 Å². The molecule has 2 saturated heterocycles. The van der Waals surface area contributed by atoms with Crippen molar-refractivity contribution in [2.75, 3.05) is 43.6 Å². The summed E-state index contributed by atoms with van der Waals surface area (Å²) in [4.78, 5) is 14.7. The Morgan fingerprint density at radius 2 is 1.80 bits per heavy atom. The lowest BCUT2D eigenvalue weighted by molar-refractivity contribution is -0.137. The molecule has 0 spiro atoms. The average Bonchev–Trinajstić information content (AvgIpc) is 3.70. The molecule has 0 radical (unpaired) electrons. The Morgan fingerprint density at radius 1 is 1.09 bits per heavy atom. The van der Waals surface area contributed by atoms with Gasteiger partial charge in [0, 0.05) is 30.2 Å². The number of amides is 1. The molecular formula is C33H37F3N2O7S. The van der Waals surface area contributed by atoms with E-state index in [0.29, 0.717) is 55.4 Å². The molecule has 13 heteroatoms. The largest absolute Gasteiger partial charge is 0.489 e. The van der Waals surface area contributed by atoms with E-state index >= 15 is 0 Å². The first kappa shape index (κ1) is 33.7. The average molecular weight is 663 g/mol. The van der Waals surface area contributed by atoms with E-state index in [9.17, 15) is 31.5 Å². The molecule has 0 aromatic heterocycles. The molecule has 4 atom stereocenters. The van der Waals surface area contributed by atoms with Gasteiger partial charge in [-0.15, -0.1) is 0 Å². The molecule has 0 unspecified atom stereocenters. The van der Waals surface area contributed by atoms with Gasteiger partial charge in [0.25, 0.3) is 0 Å². The monoisotopic (exact) mass is 662 g/mol. The second-order valence-corrected chi connectivity index (χ2v) is 13.7. The highest BCUT2D eigenvalue weighted by molar-refractivity contribution is 7.91. The van der Waals surface area contributed by atoms with E-state index in [1.807, 2.05) is 0 Å². The number of benzene rings is 3. The number of aliphatic hydroxyl groups is 1. The number of aliphatic hydroxyl groups excluding tert-OH is 1. The van der Waals surface area contributed by atoms with Crippen molar-refractivity contribution in [3.05, 3.63) is 89.0 Å². The first-order chi connectivity index (χ1) is 21.9. The number of nitrogens with two attached hydrogens (primary N) is 1. The third kappa shape index (κ3) is 7.65. The molecule has 248 valence electrons. The molecule has 9 nitrogen and oxygen atoms in total. The summed E-state index contributed by atoms with van der Waals surface area (Å²) in [6, 6.07) is 15.7. The first-order valence-electron chi connectivity index (χ1n) is 15.1. The standard InChI is InChI=1S/C33H37F3N2O7S/c1-2-46(41,42)28-10-3-21(4-11-28)31(18-39)30-16-23(7-12-29(30)32(37)40)38-17-27(15-24(38)19-44-26-13-14-43-20-26)45-25-8-5-22(6-9-25)33(34,35)36/h3-12,16,24,26-27,31,39H,2,13-15,17-20H2,1H3,(H2,37,40)/t24-,26-,27+,31+/m0/s1. The number of halogens is 3. The topological polar surface area (TPSA) is 128 Å². The minimum absolute atomic E-state index is 0.0530. The zero-order chi connectivity index (χ0) is 33.1. The van der Waals surface area contributed by atoms with Crippen molar-refractivity contribution < 1.29 is 45.7 Å². The van der Waals surface area contributed by atoms with Crippen molar-refractivity contribution in [2.24, 2.45) is 5.73 Å². The molecule has 2 aliphatic heterocycles. The number of carbonyl (C=O) groups excluding carboxylic acids is 1. The summed E-state index contributed by atoms with van der Waals surface area (Å²) in [6.07, 6.45) is -3.61. The molecule has 2 heterocycles. The molecule has 0 bridgehead atoms. The van der Waals surface area contributed by atoms with Gasteiger partial charge < -0.3 is 30.0 Å². The second-order valence-electron chi connectivity index (χ2n) is 11.5. The van der Waals surface area contributed by atoms with Gasteiger partial charge in [0.1, 0.15) is 11.9 Å². The third-order valence-electron chi connectivity index (χ3n) is 8.48. The number of hydrogen-bond acceptors (Lipinski definition) is 8. The van der Waals surface area contributed by atoms with Crippen LogP contribution in [0.3, 0.4) is 0 Å². The number of hydrogen-bond donors (Lipinski definition) is 2. The molecule has 3 aromatic rings. The molecule has 2 fully saturated rings. The summed E-state index contributed by atoms with van der Waals surface area (Å²) in [5, 5.41) is 10.5. The Balaban J connectivity index is 1.44. The van der Waals surface area contributed by atoms with Crippen molar-refractivity contribution >= 4 is 21.4 Å². The summed E-state index contributed by atoms with van der Waals surface area (Å²) in [5.74, 6) is -1.12. The highest BCUT2D eigenvalue weighted by atomic mass is 32.2. The lowest BCUT2D eigenvalue weighted by Crippen LogP contribution is -2.35. The summed E-state index contributed by atoms with van der Waals surface area (Å²) >= 11 is 0. The molecule has 3 aromatic carbocycles. The maximum atomic E-state index is 13.1. The van der Waals surface area contributed by atoms with Gasteiger partial charge in [0.15, 0.2) is 9.84 Å². The fourth-order valence-corrected chi connectivity index (χ4v) is 6.82. The van der Waals surface area contributed by atoms with E-state index in [4.69, 9.17) is 19.9 Å². The maximum Gasteiger partial charge on any atom is 0.416 e. The van der Waals surface area contributed by atoms with Gasteiger partial charge in [0.05, 0.1) is 54.7 Å². The van der Waals surface area contributed by atoms with E-state index in [0.717, 1.165) is 18.6 Å². The van der Waals surface area contributed by atoms with Gasteiger partial charge in [-0.05, 0) is 72.1 Å². The number of rotatable bonds is 12.